The quantitative estimate of drug-likeness (QED) is 0.867. The molecular weight excluding hydrogens is 226 g/mol. The van der Waals surface area contributed by atoms with Crippen molar-refractivity contribution in [2.45, 2.75) is 17.1 Å². The molecule has 1 N–H and O–H groups in total. The van der Waals surface area contributed by atoms with Crippen LogP contribution in [0.25, 0.3) is 0 Å². The van der Waals surface area contributed by atoms with Crippen LogP contribution in [0.3, 0.4) is 0 Å². The summed E-state index contributed by atoms with van der Waals surface area (Å²) in [5.74, 6) is -2.39. The zero-order valence-corrected chi connectivity index (χ0v) is 8.55. The number of carbonyl (C=O) groups is 1. The minimum Gasteiger partial charge on any atom is -0.476 e. The van der Waals surface area contributed by atoms with Gasteiger partial charge >= 0.3 is 11.2 Å². The molecule has 0 aliphatic heterocycles. The lowest BCUT2D eigenvalue weighted by Gasteiger charge is -2.12. The monoisotopic (exact) mass is 234 g/mol. The maximum absolute atomic E-state index is 12.9. The second-order valence-electron chi connectivity index (χ2n) is 2.86. The van der Waals surface area contributed by atoms with E-state index >= 15 is 0 Å². The Morgan fingerprint density at radius 2 is 1.93 bits per heavy atom. The highest BCUT2D eigenvalue weighted by Gasteiger charge is 2.47. The van der Waals surface area contributed by atoms with E-state index in [9.17, 15) is 17.8 Å². The van der Waals surface area contributed by atoms with Gasteiger partial charge in [-0.1, -0.05) is 18.2 Å². The zero-order chi connectivity index (χ0) is 11.6. The van der Waals surface area contributed by atoms with Gasteiger partial charge in [0, 0.05) is 4.90 Å². The molecule has 0 spiro atoms. The van der Waals surface area contributed by atoms with E-state index in [1.165, 1.54) is 25.1 Å². The van der Waals surface area contributed by atoms with Gasteiger partial charge < -0.3 is 5.11 Å². The van der Waals surface area contributed by atoms with Crippen LogP contribution in [0, 0.1) is 6.92 Å². The molecule has 0 aliphatic rings. The average molecular weight is 234 g/mol. The van der Waals surface area contributed by atoms with E-state index in [-0.39, 0.29) is 4.90 Å². The number of alkyl halides is 2. The third kappa shape index (κ3) is 2.20. The lowest BCUT2D eigenvalue weighted by atomic mass is 10.2. The summed E-state index contributed by atoms with van der Waals surface area (Å²) in [5.41, 5.74) is 0.372. The van der Waals surface area contributed by atoms with Crippen molar-refractivity contribution in [2.24, 2.45) is 0 Å². The SMILES string of the molecule is Cc1ccccc1S(=O)C(F)(F)C(=O)O. The van der Waals surface area contributed by atoms with Crippen LogP contribution in [0.5, 0.6) is 0 Å². The first-order valence-electron chi connectivity index (χ1n) is 3.96. The summed E-state index contributed by atoms with van der Waals surface area (Å²) in [6, 6.07) is 5.74. The van der Waals surface area contributed by atoms with Gasteiger partial charge in [-0.05, 0) is 18.6 Å². The number of carboxylic acids is 1. The highest BCUT2D eigenvalue weighted by molar-refractivity contribution is 7.87. The summed E-state index contributed by atoms with van der Waals surface area (Å²) >= 11 is 0. The number of halogens is 2. The largest absolute Gasteiger partial charge is 0.476 e. The minimum atomic E-state index is -4.26. The van der Waals surface area contributed by atoms with Gasteiger partial charge in [-0.2, -0.15) is 8.78 Å². The summed E-state index contributed by atoms with van der Waals surface area (Å²) in [4.78, 5) is 10.0. The molecular formula is C9H8F2O3S. The summed E-state index contributed by atoms with van der Waals surface area (Å²) in [5, 5.41) is 3.96. The molecule has 3 nitrogen and oxygen atoms in total. The molecule has 1 aromatic rings. The number of aliphatic carboxylic acids is 1. The average Bonchev–Trinajstić information content (AvgIpc) is 2.17. The molecule has 0 amide bonds. The first-order valence-corrected chi connectivity index (χ1v) is 5.11. The number of aryl methyl sites for hydroxylation is 1. The standard InChI is InChI=1S/C9H8F2O3S/c1-6-4-2-3-5-7(6)15(14)9(10,11)8(12)13/h2-5H,1H3,(H,12,13). The lowest BCUT2D eigenvalue weighted by Crippen LogP contribution is -2.33. The molecule has 0 bridgehead atoms. The van der Waals surface area contributed by atoms with Crippen molar-refractivity contribution in [1.29, 1.82) is 0 Å². The molecule has 0 radical (unpaired) electrons. The maximum Gasteiger partial charge on any atom is 0.419 e. The molecule has 82 valence electrons. The fraction of sp³-hybridized carbons (Fsp3) is 0.222. The molecule has 1 atom stereocenters. The van der Waals surface area contributed by atoms with Gasteiger partial charge in [0.1, 0.15) is 10.8 Å². The van der Waals surface area contributed by atoms with Crippen LogP contribution in [0.1, 0.15) is 5.56 Å². The van der Waals surface area contributed by atoms with Gasteiger partial charge in [-0.3, -0.25) is 0 Å². The van der Waals surface area contributed by atoms with Crippen molar-refractivity contribution in [3.8, 4) is 0 Å². The van der Waals surface area contributed by atoms with Crippen molar-refractivity contribution in [1.82, 2.24) is 0 Å². The summed E-state index contributed by atoms with van der Waals surface area (Å²) in [7, 11) is -2.87. The minimum absolute atomic E-state index is 0.162. The van der Waals surface area contributed by atoms with Crippen molar-refractivity contribution in [3.63, 3.8) is 0 Å². The van der Waals surface area contributed by atoms with E-state index in [1.54, 1.807) is 6.07 Å². The summed E-state index contributed by atoms with van der Waals surface area (Å²) in [6.07, 6.45) is 0. The summed E-state index contributed by atoms with van der Waals surface area (Å²) in [6.45, 7) is 1.49. The van der Waals surface area contributed by atoms with Gasteiger partial charge in [0.15, 0.2) is 0 Å². The molecule has 1 rings (SSSR count). The highest BCUT2D eigenvalue weighted by atomic mass is 32.2. The van der Waals surface area contributed by atoms with Crippen LogP contribution in [0.4, 0.5) is 8.78 Å². The van der Waals surface area contributed by atoms with Gasteiger partial charge in [-0.25, -0.2) is 9.00 Å². The Morgan fingerprint density at radius 1 is 1.40 bits per heavy atom. The van der Waals surface area contributed by atoms with Crippen molar-refractivity contribution < 1.29 is 22.9 Å². The van der Waals surface area contributed by atoms with Crippen LogP contribution in [0.15, 0.2) is 29.2 Å². The fourth-order valence-electron chi connectivity index (χ4n) is 0.982. The van der Waals surface area contributed by atoms with E-state index in [1.807, 2.05) is 0 Å². The summed E-state index contributed by atoms with van der Waals surface area (Å²) < 4.78 is 37.1. The normalized spacial score (nSPS) is 13.5. The van der Waals surface area contributed by atoms with E-state index in [0.717, 1.165) is 0 Å². The van der Waals surface area contributed by atoms with Gasteiger partial charge in [-0.15, -0.1) is 0 Å². The molecule has 0 aromatic heterocycles. The predicted molar refractivity (Wildman–Crippen MR) is 50.2 cm³/mol. The van der Waals surface area contributed by atoms with Crippen molar-refractivity contribution in [3.05, 3.63) is 29.8 Å². The van der Waals surface area contributed by atoms with Crippen LogP contribution >= 0.6 is 0 Å². The number of rotatable bonds is 3. The van der Waals surface area contributed by atoms with Crippen LogP contribution < -0.4 is 0 Å². The van der Waals surface area contributed by atoms with Crippen LogP contribution in [-0.2, 0) is 15.6 Å². The second kappa shape index (κ2) is 4.06. The van der Waals surface area contributed by atoms with E-state index in [0.29, 0.717) is 5.56 Å². The second-order valence-corrected chi connectivity index (χ2v) is 4.35. The van der Waals surface area contributed by atoms with Crippen LogP contribution in [-0.4, -0.2) is 20.5 Å². The topological polar surface area (TPSA) is 54.4 Å². The molecule has 0 saturated carbocycles. The number of benzene rings is 1. The highest BCUT2D eigenvalue weighted by Crippen LogP contribution is 2.27. The Balaban J connectivity index is 3.16. The fourth-order valence-corrected chi connectivity index (χ4v) is 1.98. The van der Waals surface area contributed by atoms with Gasteiger partial charge in [0.25, 0.3) is 0 Å². The Hall–Kier alpha value is -1.30. The number of hydrogen-bond acceptors (Lipinski definition) is 2. The van der Waals surface area contributed by atoms with E-state index < -0.39 is 22.0 Å². The molecule has 1 aromatic carbocycles. The molecule has 6 heteroatoms. The van der Waals surface area contributed by atoms with Gasteiger partial charge in [0.2, 0.25) is 0 Å². The smallest absolute Gasteiger partial charge is 0.419 e. The Kier molecular flexibility index (Phi) is 3.18. The molecule has 0 saturated heterocycles. The predicted octanol–water partition coefficient (Wildman–Crippen LogP) is 1.78. The first-order chi connectivity index (χ1) is 6.87. The van der Waals surface area contributed by atoms with Crippen molar-refractivity contribution >= 4 is 16.8 Å². The Morgan fingerprint density at radius 3 is 2.40 bits per heavy atom. The molecule has 0 fully saturated rings. The number of hydrogen-bond donors (Lipinski definition) is 1. The van der Waals surface area contributed by atoms with E-state index in [2.05, 4.69) is 0 Å². The third-order valence-corrected chi connectivity index (χ3v) is 3.27. The van der Waals surface area contributed by atoms with Crippen molar-refractivity contribution in [2.75, 3.05) is 0 Å². The number of carboxylic acid groups (broad SMARTS) is 1. The lowest BCUT2D eigenvalue weighted by molar-refractivity contribution is -0.153. The molecule has 15 heavy (non-hydrogen) atoms. The third-order valence-electron chi connectivity index (χ3n) is 1.78. The zero-order valence-electron chi connectivity index (χ0n) is 7.74. The Bertz CT molecular complexity index is 418. The van der Waals surface area contributed by atoms with Gasteiger partial charge in [0.05, 0.1) is 0 Å². The van der Waals surface area contributed by atoms with E-state index in [4.69, 9.17) is 5.11 Å². The Labute approximate surface area is 87.2 Å². The van der Waals surface area contributed by atoms with Crippen LogP contribution in [0.2, 0.25) is 0 Å². The molecule has 1 unspecified atom stereocenters. The maximum atomic E-state index is 12.9. The first kappa shape index (κ1) is 11.8. The molecule has 0 aliphatic carbocycles. The molecule has 0 heterocycles.